The Morgan fingerprint density at radius 1 is 1.57 bits per heavy atom. The van der Waals surface area contributed by atoms with Gasteiger partial charge in [-0.3, -0.25) is 0 Å². The number of aromatic nitrogens is 1. The van der Waals surface area contributed by atoms with Crippen molar-refractivity contribution in [3.8, 4) is 11.9 Å². The minimum absolute atomic E-state index is 0.154. The number of hydrogen-bond donors (Lipinski definition) is 0. The molecule has 0 fully saturated rings. The zero-order chi connectivity index (χ0) is 10.6. The summed E-state index contributed by atoms with van der Waals surface area (Å²) in [5.74, 6) is -0.313. The van der Waals surface area contributed by atoms with Crippen molar-refractivity contribution in [3.63, 3.8) is 0 Å². The second-order valence-electron chi connectivity index (χ2n) is 2.38. The number of hydrogen-bond acceptors (Lipinski definition) is 5. The van der Waals surface area contributed by atoms with E-state index in [1.807, 2.05) is 6.07 Å². The third kappa shape index (κ3) is 1.80. The molecule has 1 aromatic heterocycles. The van der Waals surface area contributed by atoms with Crippen LogP contribution in [0.1, 0.15) is 15.9 Å². The molecule has 0 bridgehead atoms. The molecule has 0 amide bonds. The molecule has 0 saturated heterocycles. The third-order valence-electron chi connectivity index (χ3n) is 1.61. The van der Waals surface area contributed by atoms with Crippen LogP contribution in [0.5, 0.6) is 5.88 Å². The van der Waals surface area contributed by atoms with Gasteiger partial charge >= 0.3 is 5.97 Å². The zero-order valence-electron chi connectivity index (χ0n) is 7.77. The molecule has 0 aliphatic rings. The fourth-order valence-corrected chi connectivity index (χ4v) is 0.916. The molecule has 0 saturated carbocycles. The largest absolute Gasteiger partial charge is 0.481 e. The molecule has 5 nitrogen and oxygen atoms in total. The van der Waals surface area contributed by atoms with E-state index in [2.05, 4.69) is 9.72 Å². The molecule has 0 atom stereocenters. The van der Waals surface area contributed by atoms with Crippen LogP contribution in [0.15, 0.2) is 12.3 Å². The minimum atomic E-state index is -0.581. The Morgan fingerprint density at radius 2 is 2.29 bits per heavy atom. The van der Waals surface area contributed by atoms with E-state index >= 15 is 0 Å². The molecule has 5 heteroatoms. The smallest absolute Gasteiger partial charge is 0.339 e. The Kier molecular flexibility index (Phi) is 3.02. The monoisotopic (exact) mass is 192 g/mol. The number of ether oxygens (including phenoxy) is 2. The highest BCUT2D eigenvalue weighted by Gasteiger charge is 2.13. The van der Waals surface area contributed by atoms with E-state index in [9.17, 15) is 4.79 Å². The number of carbonyl (C=O) groups is 1. The molecule has 0 aliphatic carbocycles. The van der Waals surface area contributed by atoms with E-state index in [0.717, 1.165) is 0 Å². The summed E-state index contributed by atoms with van der Waals surface area (Å²) >= 11 is 0. The molecule has 1 aromatic rings. The summed E-state index contributed by atoms with van der Waals surface area (Å²) in [4.78, 5) is 15.0. The van der Waals surface area contributed by atoms with Gasteiger partial charge in [0.25, 0.3) is 0 Å². The highest BCUT2D eigenvalue weighted by atomic mass is 16.5. The molecule has 0 aliphatic heterocycles. The summed E-state index contributed by atoms with van der Waals surface area (Å²) in [7, 11) is 2.67. The average Bonchev–Trinajstić information content (AvgIpc) is 2.27. The second kappa shape index (κ2) is 4.23. The third-order valence-corrected chi connectivity index (χ3v) is 1.61. The molecule has 72 valence electrons. The van der Waals surface area contributed by atoms with Gasteiger partial charge in [0.15, 0.2) is 0 Å². The van der Waals surface area contributed by atoms with Gasteiger partial charge in [-0.25, -0.2) is 9.78 Å². The van der Waals surface area contributed by atoms with Crippen LogP contribution in [0.4, 0.5) is 0 Å². The van der Waals surface area contributed by atoms with Crippen molar-refractivity contribution in [2.75, 3.05) is 14.2 Å². The highest BCUT2D eigenvalue weighted by Crippen LogP contribution is 2.14. The summed E-state index contributed by atoms with van der Waals surface area (Å²) < 4.78 is 9.33. The topological polar surface area (TPSA) is 72.2 Å². The van der Waals surface area contributed by atoms with Gasteiger partial charge in [-0.15, -0.1) is 0 Å². The van der Waals surface area contributed by atoms with Gasteiger partial charge in [0, 0.05) is 12.3 Å². The fourth-order valence-electron chi connectivity index (χ4n) is 0.916. The fraction of sp³-hybridized carbons (Fsp3) is 0.222. The van der Waals surface area contributed by atoms with E-state index in [1.54, 1.807) is 0 Å². The van der Waals surface area contributed by atoms with Crippen LogP contribution < -0.4 is 4.74 Å². The van der Waals surface area contributed by atoms with Gasteiger partial charge in [0.05, 0.1) is 25.3 Å². The van der Waals surface area contributed by atoms with Gasteiger partial charge in [0.1, 0.15) is 6.07 Å². The Labute approximate surface area is 80.9 Å². The van der Waals surface area contributed by atoms with Crippen LogP contribution in [-0.4, -0.2) is 25.2 Å². The SMILES string of the molecule is COC(=O)c1cc(OC)ncc1C#N. The van der Waals surface area contributed by atoms with Gasteiger partial charge in [0.2, 0.25) is 5.88 Å². The maximum Gasteiger partial charge on any atom is 0.339 e. The Morgan fingerprint density at radius 3 is 2.79 bits per heavy atom. The normalized spacial score (nSPS) is 8.93. The lowest BCUT2D eigenvalue weighted by molar-refractivity contribution is 0.0599. The lowest BCUT2D eigenvalue weighted by Crippen LogP contribution is -2.05. The summed E-state index contributed by atoms with van der Waals surface area (Å²) in [5.41, 5.74) is 0.319. The van der Waals surface area contributed by atoms with Crippen LogP contribution in [-0.2, 0) is 4.74 Å². The molecule has 0 unspecified atom stereocenters. The van der Waals surface area contributed by atoms with Crippen molar-refractivity contribution in [2.24, 2.45) is 0 Å². The van der Waals surface area contributed by atoms with Gasteiger partial charge in [-0.05, 0) is 0 Å². The Hall–Kier alpha value is -2.09. The molecule has 0 radical (unpaired) electrons. The zero-order valence-corrected chi connectivity index (χ0v) is 7.77. The number of methoxy groups -OCH3 is 2. The van der Waals surface area contributed by atoms with E-state index in [4.69, 9.17) is 10.00 Å². The van der Waals surface area contributed by atoms with Crippen LogP contribution in [0.2, 0.25) is 0 Å². The first-order valence-corrected chi connectivity index (χ1v) is 3.75. The molecule has 1 rings (SSSR count). The van der Waals surface area contributed by atoms with Crippen molar-refractivity contribution in [1.29, 1.82) is 5.26 Å². The van der Waals surface area contributed by atoms with E-state index in [0.29, 0.717) is 0 Å². The number of pyridine rings is 1. The van der Waals surface area contributed by atoms with E-state index < -0.39 is 5.97 Å². The van der Waals surface area contributed by atoms with Gasteiger partial charge in [-0.1, -0.05) is 0 Å². The molecule has 0 N–H and O–H groups in total. The predicted octanol–water partition coefficient (Wildman–Crippen LogP) is 0.748. The van der Waals surface area contributed by atoms with Crippen molar-refractivity contribution in [2.45, 2.75) is 0 Å². The number of nitrogens with zero attached hydrogens (tertiary/aromatic N) is 2. The predicted molar refractivity (Wildman–Crippen MR) is 46.8 cm³/mol. The quantitative estimate of drug-likeness (QED) is 0.646. The molecule has 0 spiro atoms. The first-order valence-electron chi connectivity index (χ1n) is 3.75. The molecule has 0 aromatic carbocycles. The molecule has 1 heterocycles. The number of carbonyl (C=O) groups excluding carboxylic acids is 1. The average molecular weight is 192 g/mol. The Bertz CT molecular complexity index is 396. The van der Waals surface area contributed by atoms with Crippen molar-refractivity contribution >= 4 is 5.97 Å². The first kappa shape index (κ1) is 9.99. The first-order chi connectivity index (χ1) is 6.72. The molecular weight excluding hydrogens is 184 g/mol. The lowest BCUT2D eigenvalue weighted by atomic mass is 10.1. The molecule has 14 heavy (non-hydrogen) atoms. The Balaban J connectivity index is 3.23. The maximum atomic E-state index is 11.2. The van der Waals surface area contributed by atoms with E-state index in [-0.39, 0.29) is 17.0 Å². The number of nitriles is 1. The summed E-state index contributed by atoms with van der Waals surface area (Å²) in [6.07, 6.45) is 1.27. The van der Waals surface area contributed by atoms with Crippen LogP contribution in [0.3, 0.4) is 0 Å². The second-order valence-corrected chi connectivity index (χ2v) is 2.38. The maximum absolute atomic E-state index is 11.2. The minimum Gasteiger partial charge on any atom is -0.481 e. The summed E-state index contributed by atoms with van der Waals surface area (Å²) in [5, 5.41) is 8.69. The summed E-state index contributed by atoms with van der Waals surface area (Å²) in [6, 6.07) is 3.21. The number of rotatable bonds is 2. The van der Waals surface area contributed by atoms with Crippen LogP contribution in [0.25, 0.3) is 0 Å². The highest BCUT2D eigenvalue weighted by molar-refractivity contribution is 5.92. The van der Waals surface area contributed by atoms with Gasteiger partial charge in [-0.2, -0.15) is 5.26 Å². The van der Waals surface area contributed by atoms with Crippen molar-refractivity contribution in [1.82, 2.24) is 4.98 Å². The summed E-state index contributed by atoms with van der Waals surface area (Å²) in [6.45, 7) is 0. The van der Waals surface area contributed by atoms with Crippen molar-refractivity contribution in [3.05, 3.63) is 23.4 Å². The van der Waals surface area contributed by atoms with Crippen LogP contribution >= 0.6 is 0 Å². The lowest BCUT2D eigenvalue weighted by Gasteiger charge is -2.03. The molecular formula is C9H8N2O3. The van der Waals surface area contributed by atoms with Crippen molar-refractivity contribution < 1.29 is 14.3 Å². The number of esters is 1. The van der Waals surface area contributed by atoms with Crippen LogP contribution in [0, 0.1) is 11.3 Å². The van der Waals surface area contributed by atoms with E-state index in [1.165, 1.54) is 26.5 Å². The van der Waals surface area contributed by atoms with Gasteiger partial charge < -0.3 is 9.47 Å². The standard InChI is InChI=1S/C9H8N2O3/c1-13-8-3-7(9(12)14-2)6(4-10)5-11-8/h3,5H,1-2H3.